The van der Waals surface area contributed by atoms with E-state index >= 15 is 0 Å². The van der Waals surface area contributed by atoms with Gasteiger partial charge in [0, 0.05) is 0 Å². The first-order chi connectivity index (χ1) is 16.3. The Hall–Kier alpha value is -2.24. The Bertz CT molecular complexity index is 882. The molecule has 0 bridgehead atoms. The van der Waals surface area contributed by atoms with Crippen LogP contribution in [0.5, 0.6) is 11.5 Å². The van der Waals surface area contributed by atoms with Gasteiger partial charge in [-0.2, -0.15) is 17.6 Å². The fourth-order valence-corrected chi connectivity index (χ4v) is 5.84. The molecule has 2 aliphatic rings. The van der Waals surface area contributed by atoms with E-state index < -0.39 is 12.7 Å². The molecular formula is C28H34F4O2. The second kappa shape index (κ2) is 11.0. The second-order valence-corrected chi connectivity index (χ2v) is 9.89. The molecule has 0 unspecified atom stereocenters. The number of hydrogen-bond donors (Lipinski definition) is 0. The quantitative estimate of drug-likeness (QED) is 0.353. The van der Waals surface area contributed by atoms with E-state index in [2.05, 4.69) is 11.7 Å². The molecule has 0 aliphatic heterocycles. The molecule has 0 aromatic heterocycles. The smallest absolute Gasteiger partial charge is 0.426 e. The summed E-state index contributed by atoms with van der Waals surface area (Å²) in [5, 5.41) is 0. The summed E-state index contributed by atoms with van der Waals surface area (Å²) in [6, 6.07) is 11.2. The summed E-state index contributed by atoms with van der Waals surface area (Å²) in [4.78, 5) is 0. The molecule has 186 valence electrons. The molecule has 2 aliphatic carbocycles. The Balaban J connectivity index is 1.30. The largest absolute Gasteiger partial charge is 0.435 e. The molecule has 2 aromatic carbocycles. The lowest BCUT2D eigenvalue weighted by molar-refractivity contribution is -0.185. The van der Waals surface area contributed by atoms with Gasteiger partial charge in [0.15, 0.2) is 0 Å². The number of rotatable bonds is 8. The van der Waals surface area contributed by atoms with Crippen molar-refractivity contribution in [3.05, 3.63) is 59.7 Å². The fourth-order valence-electron chi connectivity index (χ4n) is 5.84. The van der Waals surface area contributed by atoms with E-state index in [1.54, 1.807) is 12.1 Å². The summed E-state index contributed by atoms with van der Waals surface area (Å²) in [5.74, 6) is 2.81. The highest BCUT2D eigenvalue weighted by Crippen LogP contribution is 2.44. The highest BCUT2D eigenvalue weighted by molar-refractivity contribution is 5.33. The molecule has 0 saturated heterocycles. The molecule has 2 aromatic rings. The molecule has 4 rings (SSSR count). The third-order valence-electron chi connectivity index (χ3n) is 7.92. The van der Waals surface area contributed by atoms with E-state index in [1.165, 1.54) is 81.3 Å². The maximum Gasteiger partial charge on any atom is 0.426 e. The molecule has 0 atom stereocenters. The monoisotopic (exact) mass is 478 g/mol. The van der Waals surface area contributed by atoms with Gasteiger partial charge < -0.3 is 9.47 Å². The van der Waals surface area contributed by atoms with E-state index in [0.29, 0.717) is 5.92 Å². The minimum atomic E-state index is -3.53. The normalized spacial score (nSPS) is 25.8. The van der Waals surface area contributed by atoms with Gasteiger partial charge in [-0.25, -0.2) is 0 Å². The van der Waals surface area contributed by atoms with Gasteiger partial charge in [0.25, 0.3) is 0 Å². The summed E-state index contributed by atoms with van der Waals surface area (Å²) in [5.41, 5.74) is 0.881. The van der Waals surface area contributed by atoms with Crippen LogP contribution in [0.25, 0.3) is 0 Å². The first-order valence-corrected chi connectivity index (χ1v) is 12.6. The van der Waals surface area contributed by atoms with Crippen molar-refractivity contribution in [2.45, 2.75) is 83.3 Å². The van der Waals surface area contributed by atoms with Gasteiger partial charge in [-0.05, 0) is 104 Å². The maximum absolute atomic E-state index is 14.7. The van der Waals surface area contributed by atoms with Gasteiger partial charge in [0.1, 0.15) is 11.5 Å². The number of ether oxygens (including phenoxy) is 2. The fraction of sp³-hybridized carbons (Fsp3) is 0.571. The van der Waals surface area contributed by atoms with Crippen LogP contribution in [0.15, 0.2) is 48.5 Å². The van der Waals surface area contributed by atoms with Crippen molar-refractivity contribution in [1.82, 2.24) is 0 Å². The lowest BCUT2D eigenvalue weighted by Gasteiger charge is -2.38. The van der Waals surface area contributed by atoms with E-state index in [0.717, 1.165) is 36.2 Å². The van der Waals surface area contributed by atoms with Crippen LogP contribution in [0.1, 0.15) is 81.8 Å². The molecule has 2 fully saturated rings. The molecule has 34 heavy (non-hydrogen) atoms. The topological polar surface area (TPSA) is 18.5 Å². The van der Waals surface area contributed by atoms with Crippen LogP contribution in [0.4, 0.5) is 17.6 Å². The molecule has 0 spiro atoms. The van der Waals surface area contributed by atoms with Gasteiger partial charge >= 0.3 is 12.7 Å². The van der Waals surface area contributed by atoms with Crippen LogP contribution in [-0.2, 0) is 6.11 Å². The number of halogens is 4. The van der Waals surface area contributed by atoms with Crippen molar-refractivity contribution < 1.29 is 27.0 Å². The summed E-state index contributed by atoms with van der Waals surface area (Å²) in [6.45, 7) is -0.669. The first-order valence-electron chi connectivity index (χ1n) is 12.6. The molecule has 2 nitrogen and oxygen atoms in total. The van der Waals surface area contributed by atoms with E-state index in [9.17, 15) is 17.6 Å². The van der Waals surface area contributed by atoms with Gasteiger partial charge in [-0.1, -0.05) is 38.3 Å². The van der Waals surface area contributed by atoms with Crippen LogP contribution < -0.4 is 9.47 Å². The zero-order chi connectivity index (χ0) is 24.1. The number of benzene rings is 2. The van der Waals surface area contributed by atoms with Crippen LogP contribution in [0.3, 0.4) is 0 Å². The van der Waals surface area contributed by atoms with Crippen LogP contribution in [-0.4, -0.2) is 6.61 Å². The van der Waals surface area contributed by atoms with Gasteiger partial charge in [-0.3, -0.25) is 0 Å². The minimum Gasteiger partial charge on any atom is -0.435 e. The Morgan fingerprint density at radius 2 is 1.29 bits per heavy atom. The lowest BCUT2D eigenvalue weighted by atomic mass is 9.68. The van der Waals surface area contributed by atoms with Crippen LogP contribution in [0, 0.1) is 17.8 Å². The van der Waals surface area contributed by atoms with Gasteiger partial charge in [-0.15, -0.1) is 0 Å². The average Bonchev–Trinajstić information content (AvgIpc) is 2.85. The van der Waals surface area contributed by atoms with E-state index in [4.69, 9.17) is 4.74 Å². The molecule has 0 heterocycles. The third-order valence-corrected chi connectivity index (χ3v) is 7.92. The molecule has 6 heteroatoms. The van der Waals surface area contributed by atoms with Gasteiger partial charge in [0.05, 0.1) is 5.56 Å². The summed E-state index contributed by atoms with van der Waals surface area (Å²) in [6.07, 6.45) is 8.00. The Morgan fingerprint density at radius 1 is 0.765 bits per heavy atom. The lowest BCUT2D eigenvalue weighted by Crippen LogP contribution is -2.25. The number of hydrogen-bond acceptors (Lipinski definition) is 2. The predicted molar refractivity (Wildman–Crippen MR) is 124 cm³/mol. The predicted octanol–water partition coefficient (Wildman–Crippen LogP) is 8.91. The second-order valence-electron chi connectivity index (χ2n) is 9.89. The Labute approximate surface area is 199 Å². The van der Waals surface area contributed by atoms with Gasteiger partial charge in [0.2, 0.25) is 0 Å². The Morgan fingerprint density at radius 3 is 1.82 bits per heavy atom. The SMILES string of the molecule is CC[C@H]1CC[C@H]([C@H]2CC[C@H](c3ccc(C(F)(F)Oc4ccc(OC(F)F)cc4)cc3)CC2)CC1. The molecule has 0 radical (unpaired) electrons. The Kier molecular flexibility index (Phi) is 8.05. The molecular weight excluding hydrogens is 444 g/mol. The molecule has 0 amide bonds. The van der Waals surface area contributed by atoms with Crippen molar-refractivity contribution in [2.75, 3.05) is 0 Å². The molecule has 2 saturated carbocycles. The van der Waals surface area contributed by atoms with Crippen molar-refractivity contribution >= 4 is 0 Å². The van der Waals surface area contributed by atoms with E-state index in [-0.39, 0.29) is 17.1 Å². The highest BCUT2D eigenvalue weighted by Gasteiger charge is 2.35. The zero-order valence-corrected chi connectivity index (χ0v) is 19.7. The number of alkyl halides is 4. The highest BCUT2D eigenvalue weighted by atomic mass is 19.3. The van der Waals surface area contributed by atoms with Crippen LogP contribution in [0.2, 0.25) is 0 Å². The summed E-state index contributed by atoms with van der Waals surface area (Å²) >= 11 is 0. The molecule has 0 N–H and O–H groups in total. The summed E-state index contributed by atoms with van der Waals surface area (Å²) < 4.78 is 62.9. The van der Waals surface area contributed by atoms with E-state index in [1.807, 2.05) is 0 Å². The van der Waals surface area contributed by atoms with Crippen molar-refractivity contribution in [2.24, 2.45) is 17.8 Å². The third kappa shape index (κ3) is 6.25. The standard InChI is InChI=1S/C28H34F4O2/c1-2-19-3-5-20(6-4-19)21-7-9-22(10-8-21)23-11-13-24(14-12-23)28(31,32)34-26-17-15-25(16-18-26)33-27(29)30/h11-22,27H,2-10H2,1H3/t19-,20-,21-,22-. The van der Waals surface area contributed by atoms with Crippen molar-refractivity contribution in [3.63, 3.8) is 0 Å². The van der Waals surface area contributed by atoms with Crippen molar-refractivity contribution in [3.8, 4) is 11.5 Å². The van der Waals surface area contributed by atoms with Crippen molar-refractivity contribution in [1.29, 1.82) is 0 Å². The zero-order valence-electron chi connectivity index (χ0n) is 19.7. The minimum absolute atomic E-state index is 0.113. The maximum atomic E-state index is 14.7. The average molecular weight is 479 g/mol. The first kappa shape index (κ1) is 24.9. The van der Waals surface area contributed by atoms with Crippen LogP contribution >= 0.6 is 0 Å². The summed E-state index contributed by atoms with van der Waals surface area (Å²) in [7, 11) is 0.